The first-order valence-corrected chi connectivity index (χ1v) is 7.11. The van der Waals surface area contributed by atoms with Crippen LogP contribution in [0.1, 0.15) is 39.7 Å². The molecule has 0 saturated carbocycles. The van der Waals surface area contributed by atoms with Crippen LogP contribution in [0.25, 0.3) is 10.9 Å². The Balaban J connectivity index is 2.26. The fourth-order valence-electron chi connectivity index (χ4n) is 2.80. The fraction of sp³-hybridized carbons (Fsp3) is 0.471. The molecule has 0 amide bonds. The first-order chi connectivity index (χ1) is 9.03. The topological polar surface area (TPSA) is 24.9 Å². The van der Waals surface area contributed by atoms with E-state index in [-0.39, 0.29) is 5.41 Å². The number of pyridine rings is 1. The van der Waals surface area contributed by atoms with Gasteiger partial charge in [0.05, 0.1) is 5.52 Å². The molecule has 1 aromatic carbocycles. The molecule has 0 aliphatic heterocycles. The van der Waals surface area contributed by atoms with E-state index in [0.717, 1.165) is 18.5 Å². The van der Waals surface area contributed by atoms with Crippen LogP contribution in [0.2, 0.25) is 0 Å². The van der Waals surface area contributed by atoms with E-state index in [1.54, 1.807) is 0 Å². The minimum absolute atomic E-state index is 0.172. The third-order valence-corrected chi connectivity index (χ3v) is 3.75. The molecule has 0 spiro atoms. The Morgan fingerprint density at radius 3 is 2.79 bits per heavy atom. The Hall–Kier alpha value is -1.41. The van der Waals surface area contributed by atoms with E-state index in [4.69, 9.17) is 0 Å². The molecule has 102 valence electrons. The van der Waals surface area contributed by atoms with Crippen LogP contribution in [0.3, 0.4) is 0 Å². The molecule has 2 aromatic rings. The molecular formula is C17H24N2. The van der Waals surface area contributed by atoms with Crippen molar-refractivity contribution in [1.82, 2.24) is 10.3 Å². The monoisotopic (exact) mass is 256 g/mol. The highest BCUT2D eigenvalue weighted by molar-refractivity contribution is 5.79. The quantitative estimate of drug-likeness (QED) is 0.877. The van der Waals surface area contributed by atoms with Crippen LogP contribution in [0.15, 0.2) is 36.5 Å². The van der Waals surface area contributed by atoms with Crippen molar-refractivity contribution in [2.24, 2.45) is 0 Å². The molecule has 0 fully saturated rings. The van der Waals surface area contributed by atoms with E-state index >= 15 is 0 Å². The third-order valence-electron chi connectivity index (χ3n) is 3.75. The number of rotatable bonds is 5. The maximum absolute atomic E-state index is 4.38. The van der Waals surface area contributed by atoms with Gasteiger partial charge in [-0.3, -0.25) is 4.98 Å². The van der Waals surface area contributed by atoms with Crippen molar-refractivity contribution in [1.29, 1.82) is 0 Å². The molecular weight excluding hydrogens is 232 g/mol. The van der Waals surface area contributed by atoms with Crippen LogP contribution in [-0.4, -0.2) is 17.6 Å². The Bertz CT molecular complexity index is 546. The van der Waals surface area contributed by atoms with Crippen molar-refractivity contribution in [3.8, 4) is 0 Å². The number of hydrogen-bond donors (Lipinski definition) is 1. The van der Waals surface area contributed by atoms with Gasteiger partial charge in [-0.1, -0.05) is 32.9 Å². The highest BCUT2D eigenvalue weighted by Gasteiger charge is 2.23. The highest BCUT2D eigenvalue weighted by Crippen LogP contribution is 2.30. The van der Waals surface area contributed by atoms with Gasteiger partial charge in [-0.25, -0.2) is 0 Å². The SMILES string of the molecule is CCNC(C)CC(C)(C)c1ccc2ncccc2c1. The molecule has 0 aliphatic rings. The fourth-order valence-corrected chi connectivity index (χ4v) is 2.80. The molecule has 2 nitrogen and oxygen atoms in total. The second-order valence-corrected chi connectivity index (χ2v) is 5.96. The molecule has 19 heavy (non-hydrogen) atoms. The minimum Gasteiger partial charge on any atom is -0.315 e. The summed E-state index contributed by atoms with van der Waals surface area (Å²) in [5, 5.41) is 4.72. The van der Waals surface area contributed by atoms with Crippen LogP contribution in [0.5, 0.6) is 0 Å². The lowest BCUT2D eigenvalue weighted by Gasteiger charge is -2.29. The lowest BCUT2D eigenvalue weighted by molar-refractivity contribution is 0.394. The Labute approximate surface area is 116 Å². The first-order valence-electron chi connectivity index (χ1n) is 7.11. The summed E-state index contributed by atoms with van der Waals surface area (Å²) in [6, 6.07) is 11.3. The maximum atomic E-state index is 4.38. The second-order valence-electron chi connectivity index (χ2n) is 5.96. The second kappa shape index (κ2) is 5.70. The Morgan fingerprint density at radius 1 is 1.26 bits per heavy atom. The summed E-state index contributed by atoms with van der Waals surface area (Å²) in [5.41, 5.74) is 2.63. The van der Waals surface area contributed by atoms with Crippen LogP contribution in [0, 0.1) is 0 Å². The largest absolute Gasteiger partial charge is 0.315 e. The summed E-state index contributed by atoms with van der Waals surface area (Å²) in [6.07, 6.45) is 2.98. The van der Waals surface area contributed by atoms with Crippen molar-refractivity contribution in [2.45, 2.75) is 45.6 Å². The molecule has 1 atom stereocenters. The number of hydrogen-bond acceptors (Lipinski definition) is 2. The normalized spacial score (nSPS) is 13.7. The molecule has 0 aliphatic carbocycles. The number of fused-ring (bicyclic) bond motifs is 1. The van der Waals surface area contributed by atoms with Crippen LogP contribution < -0.4 is 5.32 Å². The molecule has 0 radical (unpaired) electrons. The summed E-state index contributed by atoms with van der Waals surface area (Å²) in [4.78, 5) is 4.38. The van der Waals surface area contributed by atoms with Gasteiger partial charge >= 0.3 is 0 Å². The number of nitrogens with one attached hydrogen (secondary N) is 1. The van der Waals surface area contributed by atoms with E-state index in [1.165, 1.54) is 10.9 Å². The van der Waals surface area contributed by atoms with Crippen molar-refractivity contribution >= 4 is 10.9 Å². The number of benzene rings is 1. The Morgan fingerprint density at radius 2 is 2.05 bits per heavy atom. The van der Waals surface area contributed by atoms with E-state index in [2.05, 4.69) is 62.3 Å². The number of aromatic nitrogens is 1. The van der Waals surface area contributed by atoms with Crippen molar-refractivity contribution in [3.05, 3.63) is 42.1 Å². The summed E-state index contributed by atoms with van der Waals surface area (Å²) < 4.78 is 0. The predicted octanol–water partition coefficient (Wildman–Crippen LogP) is 3.90. The average Bonchev–Trinajstić information content (AvgIpc) is 2.37. The molecule has 1 aromatic heterocycles. The minimum atomic E-state index is 0.172. The van der Waals surface area contributed by atoms with E-state index in [1.807, 2.05) is 12.3 Å². The Kier molecular flexibility index (Phi) is 4.20. The molecule has 0 saturated heterocycles. The lowest BCUT2D eigenvalue weighted by atomic mass is 9.79. The zero-order valence-corrected chi connectivity index (χ0v) is 12.4. The molecule has 1 unspecified atom stereocenters. The van der Waals surface area contributed by atoms with Gasteiger partial charge in [0.25, 0.3) is 0 Å². The van der Waals surface area contributed by atoms with Gasteiger partial charge in [-0.2, -0.15) is 0 Å². The van der Waals surface area contributed by atoms with Gasteiger partial charge in [0, 0.05) is 17.6 Å². The maximum Gasteiger partial charge on any atom is 0.0702 e. The zero-order valence-electron chi connectivity index (χ0n) is 12.4. The van der Waals surface area contributed by atoms with Gasteiger partial charge in [0.2, 0.25) is 0 Å². The van der Waals surface area contributed by atoms with Crippen molar-refractivity contribution < 1.29 is 0 Å². The summed E-state index contributed by atoms with van der Waals surface area (Å²) in [7, 11) is 0. The van der Waals surface area contributed by atoms with Gasteiger partial charge < -0.3 is 5.32 Å². The molecule has 0 bridgehead atoms. The van der Waals surface area contributed by atoms with E-state index < -0.39 is 0 Å². The van der Waals surface area contributed by atoms with Crippen LogP contribution >= 0.6 is 0 Å². The molecule has 2 rings (SSSR count). The van der Waals surface area contributed by atoms with E-state index in [0.29, 0.717) is 6.04 Å². The van der Waals surface area contributed by atoms with Gasteiger partial charge in [-0.15, -0.1) is 0 Å². The van der Waals surface area contributed by atoms with Gasteiger partial charge in [0.1, 0.15) is 0 Å². The summed E-state index contributed by atoms with van der Waals surface area (Å²) >= 11 is 0. The molecule has 2 heteroatoms. The highest BCUT2D eigenvalue weighted by atomic mass is 14.9. The first kappa shape index (κ1) is 14.0. The molecule has 1 N–H and O–H groups in total. The van der Waals surface area contributed by atoms with Gasteiger partial charge in [-0.05, 0) is 49.1 Å². The van der Waals surface area contributed by atoms with E-state index in [9.17, 15) is 0 Å². The standard InChI is InChI=1S/C17H24N2/c1-5-18-13(2)12-17(3,4)15-8-9-16-14(11-15)7-6-10-19-16/h6-11,13,18H,5,12H2,1-4H3. The zero-order chi connectivity index (χ0) is 13.9. The van der Waals surface area contributed by atoms with Crippen molar-refractivity contribution in [3.63, 3.8) is 0 Å². The van der Waals surface area contributed by atoms with Crippen LogP contribution in [0.4, 0.5) is 0 Å². The summed E-state index contributed by atoms with van der Waals surface area (Å²) in [5.74, 6) is 0. The average molecular weight is 256 g/mol. The van der Waals surface area contributed by atoms with Crippen LogP contribution in [-0.2, 0) is 5.41 Å². The third kappa shape index (κ3) is 3.32. The lowest BCUT2D eigenvalue weighted by Crippen LogP contribution is -2.33. The summed E-state index contributed by atoms with van der Waals surface area (Å²) in [6.45, 7) is 10.1. The molecule has 1 heterocycles. The smallest absolute Gasteiger partial charge is 0.0702 e. The number of nitrogens with zero attached hydrogens (tertiary/aromatic N) is 1. The predicted molar refractivity (Wildman–Crippen MR) is 82.5 cm³/mol. The van der Waals surface area contributed by atoms with Crippen molar-refractivity contribution in [2.75, 3.05) is 6.54 Å². The van der Waals surface area contributed by atoms with Gasteiger partial charge in [0.15, 0.2) is 0 Å².